The lowest BCUT2D eigenvalue weighted by Crippen LogP contribution is -2.36. The summed E-state index contributed by atoms with van der Waals surface area (Å²) < 4.78 is 0. The number of nitrogens with zero attached hydrogens (tertiary/aromatic N) is 1. The van der Waals surface area contributed by atoms with Gasteiger partial charge in [-0.3, -0.25) is 4.79 Å². The molecule has 3 nitrogen and oxygen atoms in total. The highest BCUT2D eigenvalue weighted by molar-refractivity contribution is 5.89. The Labute approximate surface area is 119 Å². The van der Waals surface area contributed by atoms with Crippen molar-refractivity contribution < 1.29 is 4.79 Å². The van der Waals surface area contributed by atoms with Gasteiger partial charge in [-0.25, -0.2) is 0 Å². The van der Waals surface area contributed by atoms with Crippen LogP contribution in [-0.2, 0) is 11.2 Å². The summed E-state index contributed by atoms with van der Waals surface area (Å²) in [5.41, 5.74) is 2.25. The first-order valence-electron chi connectivity index (χ1n) is 7.66. The number of H-pyrrole nitrogens is 1. The van der Waals surface area contributed by atoms with Crippen LogP contribution in [0.1, 0.15) is 31.2 Å². The Kier molecular flexibility index (Phi) is 2.79. The largest absolute Gasteiger partial charge is 0.361 e. The Hall–Kier alpha value is -1.77. The van der Waals surface area contributed by atoms with Gasteiger partial charge in [-0.15, -0.1) is 0 Å². The van der Waals surface area contributed by atoms with Crippen LogP contribution in [0.4, 0.5) is 0 Å². The summed E-state index contributed by atoms with van der Waals surface area (Å²) in [7, 11) is 0. The minimum Gasteiger partial charge on any atom is -0.361 e. The standard InChI is InChI=1S/C17H20N2O/c20-17(19(14-7-8-14)11-12-5-6-12)9-13-10-18-16-4-2-1-3-15(13)16/h1-4,10,12,14,18H,5-9,11H2. The van der Waals surface area contributed by atoms with E-state index in [1.807, 2.05) is 18.3 Å². The van der Waals surface area contributed by atoms with E-state index in [1.54, 1.807) is 0 Å². The van der Waals surface area contributed by atoms with Gasteiger partial charge in [-0.05, 0) is 43.2 Å². The van der Waals surface area contributed by atoms with Crippen molar-refractivity contribution in [1.29, 1.82) is 0 Å². The van der Waals surface area contributed by atoms with Crippen LogP contribution in [0.15, 0.2) is 30.5 Å². The number of aromatic nitrogens is 1. The van der Waals surface area contributed by atoms with E-state index in [4.69, 9.17) is 0 Å². The van der Waals surface area contributed by atoms with Crippen molar-refractivity contribution in [3.8, 4) is 0 Å². The Morgan fingerprint density at radius 1 is 1.20 bits per heavy atom. The number of carbonyl (C=O) groups excluding carboxylic acids is 1. The topological polar surface area (TPSA) is 36.1 Å². The Morgan fingerprint density at radius 2 is 2.00 bits per heavy atom. The smallest absolute Gasteiger partial charge is 0.227 e. The number of hydrogen-bond donors (Lipinski definition) is 1. The van der Waals surface area contributed by atoms with Crippen LogP contribution in [0, 0.1) is 5.92 Å². The Bertz CT molecular complexity index is 637. The minimum atomic E-state index is 0.309. The number of nitrogens with one attached hydrogen (secondary N) is 1. The number of hydrogen-bond acceptors (Lipinski definition) is 1. The molecule has 0 radical (unpaired) electrons. The first kappa shape index (κ1) is 12.0. The van der Waals surface area contributed by atoms with Gasteiger partial charge in [-0.1, -0.05) is 18.2 Å². The number of benzene rings is 1. The van der Waals surface area contributed by atoms with E-state index in [9.17, 15) is 4.79 Å². The maximum atomic E-state index is 12.6. The number of amides is 1. The van der Waals surface area contributed by atoms with Crippen LogP contribution in [0.3, 0.4) is 0 Å². The molecule has 2 aliphatic rings. The van der Waals surface area contributed by atoms with E-state index in [-0.39, 0.29) is 0 Å². The monoisotopic (exact) mass is 268 g/mol. The summed E-state index contributed by atoms with van der Waals surface area (Å²) in [5, 5.41) is 1.18. The molecule has 2 saturated carbocycles. The highest BCUT2D eigenvalue weighted by atomic mass is 16.2. The van der Waals surface area contributed by atoms with Crippen LogP contribution in [-0.4, -0.2) is 28.4 Å². The number of aromatic amines is 1. The van der Waals surface area contributed by atoms with Crippen LogP contribution >= 0.6 is 0 Å². The molecule has 2 aliphatic carbocycles. The van der Waals surface area contributed by atoms with Crippen molar-refractivity contribution >= 4 is 16.8 Å². The summed E-state index contributed by atoms with van der Waals surface area (Å²) in [5.74, 6) is 1.09. The molecule has 1 aromatic heterocycles. The van der Waals surface area contributed by atoms with Crippen LogP contribution < -0.4 is 0 Å². The first-order chi connectivity index (χ1) is 9.81. The summed E-state index contributed by atoms with van der Waals surface area (Å²) in [4.78, 5) is 18.0. The fourth-order valence-corrected chi connectivity index (χ4v) is 2.96. The van der Waals surface area contributed by atoms with Crippen molar-refractivity contribution in [2.24, 2.45) is 5.92 Å². The number of para-hydroxylation sites is 1. The Morgan fingerprint density at radius 3 is 2.75 bits per heavy atom. The fourth-order valence-electron chi connectivity index (χ4n) is 2.96. The van der Waals surface area contributed by atoms with Crippen LogP contribution in [0.5, 0.6) is 0 Å². The lowest BCUT2D eigenvalue weighted by Gasteiger charge is -2.22. The van der Waals surface area contributed by atoms with E-state index >= 15 is 0 Å². The predicted molar refractivity (Wildman–Crippen MR) is 79.5 cm³/mol. The van der Waals surface area contributed by atoms with E-state index in [2.05, 4.69) is 22.0 Å². The minimum absolute atomic E-state index is 0.309. The Balaban J connectivity index is 1.53. The zero-order valence-corrected chi connectivity index (χ0v) is 11.6. The van der Waals surface area contributed by atoms with Crippen LogP contribution in [0.2, 0.25) is 0 Å². The summed E-state index contributed by atoms with van der Waals surface area (Å²) >= 11 is 0. The predicted octanol–water partition coefficient (Wildman–Crippen LogP) is 3.11. The average molecular weight is 268 g/mol. The maximum absolute atomic E-state index is 12.6. The lowest BCUT2D eigenvalue weighted by atomic mass is 10.1. The SMILES string of the molecule is O=C(Cc1c[nH]c2ccccc12)N(CC1CC1)C1CC1. The van der Waals surface area contributed by atoms with Crippen molar-refractivity contribution in [2.75, 3.05) is 6.54 Å². The molecule has 1 amide bonds. The van der Waals surface area contributed by atoms with E-state index in [0.717, 1.165) is 23.5 Å². The molecule has 1 aromatic carbocycles. The molecular weight excluding hydrogens is 248 g/mol. The highest BCUT2D eigenvalue weighted by Gasteiger charge is 2.36. The quantitative estimate of drug-likeness (QED) is 0.888. The molecule has 104 valence electrons. The average Bonchev–Trinajstić information content (AvgIpc) is 3.36. The number of carbonyl (C=O) groups is 1. The lowest BCUT2D eigenvalue weighted by molar-refractivity contribution is -0.131. The molecule has 4 rings (SSSR count). The maximum Gasteiger partial charge on any atom is 0.227 e. The fraction of sp³-hybridized carbons (Fsp3) is 0.471. The third-order valence-electron chi connectivity index (χ3n) is 4.48. The molecular formula is C17H20N2O. The van der Waals surface area contributed by atoms with Gasteiger partial charge in [0.2, 0.25) is 5.91 Å². The van der Waals surface area contributed by atoms with Gasteiger partial charge in [0.25, 0.3) is 0 Å². The molecule has 0 atom stereocenters. The van der Waals surface area contributed by atoms with Gasteiger partial charge in [0, 0.05) is 29.7 Å². The molecule has 0 spiro atoms. The van der Waals surface area contributed by atoms with E-state index in [1.165, 1.54) is 31.1 Å². The molecule has 0 aliphatic heterocycles. The summed E-state index contributed by atoms with van der Waals surface area (Å²) in [6.45, 7) is 0.992. The van der Waals surface area contributed by atoms with Crippen molar-refractivity contribution in [1.82, 2.24) is 9.88 Å². The molecule has 3 heteroatoms. The molecule has 1 N–H and O–H groups in total. The third-order valence-corrected chi connectivity index (χ3v) is 4.48. The molecule has 2 fully saturated rings. The van der Waals surface area contributed by atoms with E-state index in [0.29, 0.717) is 18.4 Å². The molecule has 0 saturated heterocycles. The second-order valence-electron chi connectivity index (χ2n) is 6.26. The number of fused-ring (bicyclic) bond motifs is 1. The second kappa shape index (κ2) is 4.65. The molecule has 0 bridgehead atoms. The van der Waals surface area contributed by atoms with Gasteiger partial charge < -0.3 is 9.88 Å². The zero-order valence-electron chi connectivity index (χ0n) is 11.6. The van der Waals surface area contributed by atoms with Crippen molar-refractivity contribution in [3.63, 3.8) is 0 Å². The normalized spacial score (nSPS) is 18.4. The molecule has 0 unspecified atom stereocenters. The zero-order chi connectivity index (χ0) is 13.5. The molecule has 1 heterocycles. The van der Waals surface area contributed by atoms with Gasteiger partial charge in [0.1, 0.15) is 0 Å². The summed E-state index contributed by atoms with van der Waals surface area (Å²) in [6.07, 6.45) is 7.55. The number of rotatable bonds is 5. The van der Waals surface area contributed by atoms with Gasteiger partial charge in [0.05, 0.1) is 6.42 Å². The molecule has 20 heavy (non-hydrogen) atoms. The molecule has 2 aromatic rings. The van der Waals surface area contributed by atoms with Gasteiger partial charge in [0.15, 0.2) is 0 Å². The van der Waals surface area contributed by atoms with Crippen LogP contribution in [0.25, 0.3) is 10.9 Å². The third kappa shape index (κ3) is 2.33. The summed E-state index contributed by atoms with van der Waals surface area (Å²) in [6, 6.07) is 8.75. The van der Waals surface area contributed by atoms with Gasteiger partial charge >= 0.3 is 0 Å². The first-order valence-corrected chi connectivity index (χ1v) is 7.66. The van der Waals surface area contributed by atoms with Crippen molar-refractivity contribution in [2.45, 2.75) is 38.1 Å². The van der Waals surface area contributed by atoms with Crippen molar-refractivity contribution in [3.05, 3.63) is 36.0 Å². The van der Waals surface area contributed by atoms with Gasteiger partial charge in [-0.2, -0.15) is 0 Å². The second-order valence-corrected chi connectivity index (χ2v) is 6.26. The van der Waals surface area contributed by atoms with E-state index < -0.39 is 0 Å². The highest BCUT2D eigenvalue weighted by Crippen LogP contribution is 2.35.